The summed E-state index contributed by atoms with van der Waals surface area (Å²) >= 11 is 0. The van der Waals surface area contributed by atoms with E-state index < -0.39 is 0 Å². The number of aryl methyl sites for hydroxylation is 1. The standard InChI is InChI=1S/C14H22N2/c1-3-15-13-5-4-10-16(11-13)14-8-6-12(2)7-9-14/h6-9,13,15H,3-5,10-11H2,1-2H3. The molecule has 1 heterocycles. The molecule has 1 N–H and O–H groups in total. The van der Waals surface area contributed by atoms with Gasteiger partial charge in [-0.15, -0.1) is 0 Å². The molecule has 1 saturated heterocycles. The lowest BCUT2D eigenvalue weighted by molar-refractivity contribution is 0.431. The largest absolute Gasteiger partial charge is 0.370 e. The normalized spacial score (nSPS) is 21.1. The smallest absolute Gasteiger partial charge is 0.0366 e. The Morgan fingerprint density at radius 2 is 2.06 bits per heavy atom. The van der Waals surface area contributed by atoms with E-state index in [1.54, 1.807) is 0 Å². The van der Waals surface area contributed by atoms with Gasteiger partial charge in [-0.05, 0) is 38.4 Å². The number of nitrogens with zero attached hydrogens (tertiary/aromatic N) is 1. The highest BCUT2D eigenvalue weighted by Crippen LogP contribution is 2.20. The van der Waals surface area contributed by atoms with Gasteiger partial charge in [0.05, 0.1) is 0 Å². The molecule has 1 aliphatic rings. The van der Waals surface area contributed by atoms with Crippen molar-refractivity contribution in [3.05, 3.63) is 29.8 Å². The summed E-state index contributed by atoms with van der Waals surface area (Å²) in [5, 5.41) is 3.55. The molecule has 0 bridgehead atoms. The first kappa shape index (κ1) is 11.5. The molecule has 1 atom stereocenters. The minimum absolute atomic E-state index is 0.667. The number of nitrogens with one attached hydrogen (secondary N) is 1. The molecule has 0 aromatic heterocycles. The zero-order chi connectivity index (χ0) is 11.4. The molecule has 16 heavy (non-hydrogen) atoms. The van der Waals surface area contributed by atoms with Gasteiger partial charge in [0, 0.05) is 24.8 Å². The number of benzene rings is 1. The lowest BCUT2D eigenvalue weighted by Gasteiger charge is -2.34. The summed E-state index contributed by atoms with van der Waals surface area (Å²) in [7, 11) is 0. The first-order valence-electron chi connectivity index (χ1n) is 6.34. The molecule has 0 saturated carbocycles. The van der Waals surface area contributed by atoms with E-state index in [1.807, 2.05) is 0 Å². The molecule has 2 rings (SSSR count). The molecule has 88 valence electrons. The summed E-state index contributed by atoms with van der Waals surface area (Å²) in [6.45, 7) is 7.75. The van der Waals surface area contributed by atoms with Crippen molar-refractivity contribution in [2.24, 2.45) is 0 Å². The lowest BCUT2D eigenvalue weighted by atomic mass is 10.0. The van der Waals surface area contributed by atoms with Crippen LogP contribution in [0, 0.1) is 6.92 Å². The Balaban J connectivity index is 2.01. The summed E-state index contributed by atoms with van der Waals surface area (Å²) in [5.74, 6) is 0. The monoisotopic (exact) mass is 218 g/mol. The highest BCUT2D eigenvalue weighted by atomic mass is 15.2. The van der Waals surface area contributed by atoms with Gasteiger partial charge in [0.1, 0.15) is 0 Å². The predicted octanol–water partition coefficient (Wildman–Crippen LogP) is 2.57. The number of hydrogen-bond acceptors (Lipinski definition) is 2. The summed E-state index contributed by atoms with van der Waals surface area (Å²) < 4.78 is 0. The lowest BCUT2D eigenvalue weighted by Crippen LogP contribution is -2.45. The number of hydrogen-bond donors (Lipinski definition) is 1. The van der Waals surface area contributed by atoms with E-state index in [1.165, 1.54) is 30.6 Å². The summed E-state index contributed by atoms with van der Waals surface area (Å²) in [5.41, 5.74) is 2.71. The Hall–Kier alpha value is -1.02. The van der Waals surface area contributed by atoms with Crippen LogP contribution < -0.4 is 10.2 Å². The van der Waals surface area contributed by atoms with Crippen molar-refractivity contribution in [3.63, 3.8) is 0 Å². The first-order valence-corrected chi connectivity index (χ1v) is 6.34. The summed E-state index contributed by atoms with van der Waals surface area (Å²) in [6, 6.07) is 9.55. The van der Waals surface area contributed by atoms with Crippen molar-refractivity contribution in [1.82, 2.24) is 5.32 Å². The Morgan fingerprint density at radius 1 is 1.31 bits per heavy atom. The third-order valence-electron chi connectivity index (χ3n) is 3.31. The van der Waals surface area contributed by atoms with Crippen LogP contribution >= 0.6 is 0 Å². The van der Waals surface area contributed by atoms with Crippen LogP contribution in [0.2, 0.25) is 0 Å². The van der Waals surface area contributed by atoms with Crippen molar-refractivity contribution in [2.45, 2.75) is 32.7 Å². The van der Waals surface area contributed by atoms with E-state index in [4.69, 9.17) is 0 Å². The van der Waals surface area contributed by atoms with Gasteiger partial charge in [-0.1, -0.05) is 24.6 Å². The second-order valence-corrected chi connectivity index (χ2v) is 4.68. The zero-order valence-electron chi connectivity index (χ0n) is 10.4. The minimum Gasteiger partial charge on any atom is -0.370 e. The summed E-state index contributed by atoms with van der Waals surface area (Å²) in [6.07, 6.45) is 2.61. The van der Waals surface area contributed by atoms with Crippen molar-refractivity contribution in [2.75, 3.05) is 24.5 Å². The Kier molecular flexibility index (Phi) is 3.83. The second kappa shape index (κ2) is 5.35. The molecule has 2 heteroatoms. The van der Waals surface area contributed by atoms with E-state index in [0.717, 1.165) is 13.1 Å². The fourth-order valence-electron chi connectivity index (χ4n) is 2.42. The van der Waals surface area contributed by atoms with Crippen molar-refractivity contribution in [3.8, 4) is 0 Å². The Bertz CT molecular complexity index is 316. The molecular weight excluding hydrogens is 196 g/mol. The van der Waals surface area contributed by atoms with Crippen LogP contribution in [0.4, 0.5) is 5.69 Å². The molecule has 1 aromatic rings. The quantitative estimate of drug-likeness (QED) is 0.839. The molecule has 1 aromatic carbocycles. The molecule has 1 aliphatic heterocycles. The SMILES string of the molecule is CCNC1CCCN(c2ccc(C)cc2)C1. The van der Waals surface area contributed by atoms with Gasteiger partial charge in [0.15, 0.2) is 0 Å². The molecule has 0 radical (unpaired) electrons. The zero-order valence-corrected chi connectivity index (χ0v) is 10.4. The highest BCUT2D eigenvalue weighted by molar-refractivity contribution is 5.48. The third kappa shape index (κ3) is 2.76. The number of likely N-dealkylation sites (N-methyl/N-ethyl adjacent to an activating group) is 1. The van der Waals surface area contributed by atoms with Gasteiger partial charge in [0.25, 0.3) is 0 Å². The van der Waals surface area contributed by atoms with Gasteiger partial charge in [-0.25, -0.2) is 0 Å². The van der Waals surface area contributed by atoms with Gasteiger partial charge < -0.3 is 10.2 Å². The van der Waals surface area contributed by atoms with Crippen LogP contribution in [0.15, 0.2) is 24.3 Å². The van der Waals surface area contributed by atoms with Crippen LogP contribution in [0.25, 0.3) is 0 Å². The molecule has 0 amide bonds. The maximum Gasteiger partial charge on any atom is 0.0366 e. The molecule has 1 unspecified atom stereocenters. The van der Waals surface area contributed by atoms with Crippen molar-refractivity contribution >= 4 is 5.69 Å². The van der Waals surface area contributed by atoms with Crippen molar-refractivity contribution < 1.29 is 0 Å². The van der Waals surface area contributed by atoms with E-state index in [-0.39, 0.29) is 0 Å². The second-order valence-electron chi connectivity index (χ2n) is 4.68. The molecular formula is C14H22N2. The maximum absolute atomic E-state index is 3.55. The number of rotatable bonds is 3. The van der Waals surface area contributed by atoms with Crippen LogP contribution in [0.1, 0.15) is 25.3 Å². The van der Waals surface area contributed by atoms with E-state index in [2.05, 4.69) is 48.3 Å². The minimum atomic E-state index is 0.667. The van der Waals surface area contributed by atoms with Crippen molar-refractivity contribution in [1.29, 1.82) is 0 Å². The van der Waals surface area contributed by atoms with Crippen LogP contribution in [-0.4, -0.2) is 25.7 Å². The van der Waals surface area contributed by atoms with Gasteiger partial charge in [-0.2, -0.15) is 0 Å². The fraction of sp³-hybridized carbons (Fsp3) is 0.571. The van der Waals surface area contributed by atoms with E-state index in [9.17, 15) is 0 Å². The molecule has 0 aliphatic carbocycles. The van der Waals surface area contributed by atoms with Crippen LogP contribution in [0.5, 0.6) is 0 Å². The van der Waals surface area contributed by atoms with Gasteiger partial charge in [-0.3, -0.25) is 0 Å². The van der Waals surface area contributed by atoms with Crippen LogP contribution in [0.3, 0.4) is 0 Å². The molecule has 1 fully saturated rings. The van der Waals surface area contributed by atoms with Gasteiger partial charge >= 0.3 is 0 Å². The predicted molar refractivity (Wildman–Crippen MR) is 70.1 cm³/mol. The average molecular weight is 218 g/mol. The summed E-state index contributed by atoms with van der Waals surface area (Å²) in [4.78, 5) is 2.50. The average Bonchev–Trinajstić information content (AvgIpc) is 2.31. The van der Waals surface area contributed by atoms with E-state index >= 15 is 0 Å². The van der Waals surface area contributed by atoms with Gasteiger partial charge in [0.2, 0.25) is 0 Å². The van der Waals surface area contributed by atoms with Crippen LogP contribution in [-0.2, 0) is 0 Å². The first-order chi connectivity index (χ1) is 7.79. The topological polar surface area (TPSA) is 15.3 Å². The Morgan fingerprint density at radius 3 is 2.75 bits per heavy atom. The highest BCUT2D eigenvalue weighted by Gasteiger charge is 2.18. The van der Waals surface area contributed by atoms with E-state index in [0.29, 0.717) is 6.04 Å². The maximum atomic E-state index is 3.55. The molecule has 0 spiro atoms. The molecule has 2 nitrogen and oxygen atoms in total. The number of piperidine rings is 1. The number of anilines is 1. The Labute approximate surface area is 98.7 Å². The fourth-order valence-corrected chi connectivity index (χ4v) is 2.42. The third-order valence-corrected chi connectivity index (χ3v) is 3.31.